The third kappa shape index (κ3) is 2.57. The molecule has 0 radical (unpaired) electrons. The molecule has 3 heteroatoms. The maximum Gasteiger partial charge on any atom is 0.0789 e. The standard InChI is InChI=1S/C12H19ClN2/c1-8(2)9(3)15(4)12-10(13)6-5-7-11(12)14/h5-9H,14H2,1-4H3. The van der Waals surface area contributed by atoms with E-state index in [0.29, 0.717) is 17.0 Å². The van der Waals surface area contributed by atoms with Gasteiger partial charge in [0, 0.05) is 13.1 Å². The quantitative estimate of drug-likeness (QED) is 0.801. The molecule has 1 atom stereocenters. The SMILES string of the molecule is CC(C)C(C)N(C)c1c(N)cccc1Cl. The molecule has 2 N–H and O–H groups in total. The second kappa shape index (κ2) is 4.75. The summed E-state index contributed by atoms with van der Waals surface area (Å²) < 4.78 is 0. The Bertz CT molecular complexity index is 316. The van der Waals surface area contributed by atoms with Gasteiger partial charge in [-0.15, -0.1) is 0 Å². The van der Waals surface area contributed by atoms with E-state index in [2.05, 4.69) is 25.7 Å². The first-order chi connectivity index (χ1) is 6.95. The normalized spacial score (nSPS) is 12.9. The molecule has 0 saturated heterocycles. The van der Waals surface area contributed by atoms with Gasteiger partial charge in [-0.2, -0.15) is 0 Å². The van der Waals surface area contributed by atoms with E-state index in [1.54, 1.807) is 0 Å². The van der Waals surface area contributed by atoms with E-state index in [4.69, 9.17) is 17.3 Å². The molecule has 0 amide bonds. The van der Waals surface area contributed by atoms with Crippen LogP contribution in [0.1, 0.15) is 20.8 Å². The van der Waals surface area contributed by atoms with Gasteiger partial charge in [-0.1, -0.05) is 31.5 Å². The molecule has 0 heterocycles. The van der Waals surface area contributed by atoms with Crippen LogP contribution in [-0.4, -0.2) is 13.1 Å². The van der Waals surface area contributed by atoms with Crippen molar-refractivity contribution >= 4 is 23.0 Å². The topological polar surface area (TPSA) is 29.3 Å². The summed E-state index contributed by atoms with van der Waals surface area (Å²) in [6, 6.07) is 6.03. The molecular formula is C12H19ClN2. The molecular weight excluding hydrogens is 208 g/mol. The lowest BCUT2D eigenvalue weighted by atomic mass is 10.0. The minimum Gasteiger partial charge on any atom is -0.397 e. The zero-order chi connectivity index (χ0) is 11.6. The van der Waals surface area contributed by atoms with Crippen molar-refractivity contribution in [2.75, 3.05) is 17.7 Å². The first-order valence-electron chi connectivity index (χ1n) is 5.22. The second-order valence-corrected chi connectivity index (χ2v) is 4.68. The van der Waals surface area contributed by atoms with Crippen LogP contribution in [0.4, 0.5) is 11.4 Å². The maximum atomic E-state index is 6.15. The fourth-order valence-corrected chi connectivity index (χ4v) is 1.87. The Morgan fingerprint density at radius 1 is 1.27 bits per heavy atom. The summed E-state index contributed by atoms with van der Waals surface area (Å²) in [6.07, 6.45) is 0. The lowest BCUT2D eigenvalue weighted by molar-refractivity contribution is 0.506. The molecule has 0 aliphatic heterocycles. The average Bonchev–Trinajstić information content (AvgIpc) is 2.15. The van der Waals surface area contributed by atoms with E-state index in [1.165, 1.54) is 0 Å². The molecule has 84 valence electrons. The van der Waals surface area contributed by atoms with Crippen LogP contribution in [-0.2, 0) is 0 Å². The zero-order valence-corrected chi connectivity index (χ0v) is 10.5. The molecule has 1 rings (SSSR count). The van der Waals surface area contributed by atoms with Gasteiger partial charge in [0.1, 0.15) is 0 Å². The van der Waals surface area contributed by atoms with E-state index < -0.39 is 0 Å². The Balaban J connectivity index is 3.05. The number of nitrogen functional groups attached to an aromatic ring is 1. The van der Waals surface area contributed by atoms with Gasteiger partial charge in [0.05, 0.1) is 16.4 Å². The Kier molecular flexibility index (Phi) is 3.86. The van der Waals surface area contributed by atoms with Gasteiger partial charge in [0.2, 0.25) is 0 Å². The van der Waals surface area contributed by atoms with Crippen molar-refractivity contribution in [2.45, 2.75) is 26.8 Å². The minimum atomic E-state index is 0.409. The summed E-state index contributed by atoms with van der Waals surface area (Å²) in [5.74, 6) is 0.561. The molecule has 0 saturated carbocycles. The maximum absolute atomic E-state index is 6.15. The van der Waals surface area contributed by atoms with Crippen molar-refractivity contribution in [3.05, 3.63) is 23.2 Å². The molecule has 2 nitrogen and oxygen atoms in total. The third-order valence-electron chi connectivity index (χ3n) is 2.95. The Morgan fingerprint density at radius 3 is 2.33 bits per heavy atom. The van der Waals surface area contributed by atoms with Crippen LogP contribution in [0.25, 0.3) is 0 Å². The van der Waals surface area contributed by atoms with E-state index in [0.717, 1.165) is 11.4 Å². The number of hydrogen-bond donors (Lipinski definition) is 1. The van der Waals surface area contributed by atoms with Crippen molar-refractivity contribution in [1.29, 1.82) is 0 Å². The molecule has 0 aromatic heterocycles. The molecule has 1 unspecified atom stereocenters. The van der Waals surface area contributed by atoms with Gasteiger partial charge in [0.25, 0.3) is 0 Å². The third-order valence-corrected chi connectivity index (χ3v) is 3.25. The van der Waals surface area contributed by atoms with Gasteiger partial charge in [-0.3, -0.25) is 0 Å². The predicted molar refractivity (Wildman–Crippen MR) is 68.6 cm³/mol. The van der Waals surface area contributed by atoms with Gasteiger partial charge in [-0.25, -0.2) is 0 Å². The molecule has 0 bridgehead atoms. The van der Waals surface area contributed by atoms with Gasteiger partial charge in [0.15, 0.2) is 0 Å². The highest BCUT2D eigenvalue weighted by molar-refractivity contribution is 6.34. The number of para-hydroxylation sites is 1. The average molecular weight is 227 g/mol. The van der Waals surface area contributed by atoms with Crippen molar-refractivity contribution in [1.82, 2.24) is 0 Å². The highest BCUT2D eigenvalue weighted by Gasteiger charge is 2.17. The van der Waals surface area contributed by atoms with E-state index >= 15 is 0 Å². The summed E-state index contributed by atoms with van der Waals surface area (Å²) in [5.41, 5.74) is 7.60. The second-order valence-electron chi connectivity index (χ2n) is 4.27. The van der Waals surface area contributed by atoms with Crippen LogP contribution in [0.15, 0.2) is 18.2 Å². The number of halogens is 1. The zero-order valence-electron chi connectivity index (χ0n) is 9.79. The molecule has 0 fully saturated rings. The van der Waals surface area contributed by atoms with Crippen LogP contribution in [0, 0.1) is 5.92 Å². The first-order valence-corrected chi connectivity index (χ1v) is 5.59. The Labute approximate surface area is 97.0 Å². The minimum absolute atomic E-state index is 0.409. The summed E-state index contributed by atoms with van der Waals surface area (Å²) in [7, 11) is 2.03. The molecule has 0 aliphatic carbocycles. The number of rotatable bonds is 3. The number of nitrogens with two attached hydrogens (primary N) is 1. The van der Waals surface area contributed by atoms with E-state index in [1.807, 2.05) is 25.2 Å². The molecule has 0 aliphatic rings. The van der Waals surface area contributed by atoms with Crippen LogP contribution < -0.4 is 10.6 Å². The molecule has 1 aromatic carbocycles. The molecule has 15 heavy (non-hydrogen) atoms. The van der Waals surface area contributed by atoms with Crippen LogP contribution in [0.2, 0.25) is 5.02 Å². The van der Waals surface area contributed by atoms with Crippen LogP contribution in [0.5, 0.6) is 0 Å². The van der Waals surface area contributed by atoms with Crippen molar-refractivity contribution in [3.8, 4) is 0 Å². The van der Waals surface area contributed by atoms with Gasteiger partial charge < -0.3 is 10.6 Å². The van der Waals surface area contributed by atoms with E-state index in [9.17, 15) is 0 Å². The Morgan fingerprint density at radius 2 is 1.87 bits per heavy atom. The highest BCUT2D eigenvalue weighted by Crippen LogP contribution is 2.33. The summed E-state index contributed by atoms with van der Waals surface area (Å²) >= 11 is 6.15. The van der Waals surface area contributed by atoms with Gasteiger partial charge >= 0.3 is 0 Å². The Hall–Kier alpha value is -0.890. The molecule has 0 spiro atoms. The van der Waals surface area contributed by atoms with Crippen molar-refractivity contribution in [3.63, 3.8) is 0 Å². The van der Waals surface area contributed by atoms with E-state index in [-0.39, 0.29) is 0 Å². The lowest BCUT2D eigenvalue weighted by Crippen LogP contribution is -2.33. The molecule has 1 aromatic rings. The summed E-state index contributed by atoms with van der Waals surface area (Å²) in [6.45, 7) is 6.55. The predicted octanol–water partition coefficient (Wildman–Crippen LogP) is 3.40. The van der Waals surface area contributed by atoms with Gasteiger partial charge in [-0.05, 0) is 25.0 Å². The summed E-state index contributed by atoms with van der Waals surface area (Å²) in [5, 5.41) is 0.713. The van der Waals surface area contributed by atoms with Crippen molar-refractivity contribution < 1.29 is 0 Å². The summed E-state index contributed by atoms with van der Waals surface area (Å²) in [4.78, 5) is 2.14. The number of anilines is 2. The number of benzene rings is 1. The largest absolute Gasteiger partial charge is 0.397 e. The van der Waals surface area contributed by atoms with Crippen molar-refractivity contribution in [2.24, 2.45) is 5.92 Å². The number of hydrogen-bond acceptors (Lipinski definition) is 2. The fourth-order valence-electron chi connectivity index (χ4n) is 1.55. The highest BCUT2D eigenvalue weighted by atomic mass is 35.5. The van der Waals surface area contributed by atoms with Crippen LogP contribution >= 0.6 is 11.6 Å². The number of nitrogens with zero attached hydrogens (tertiary/aromatic N) is 1. The smallest absolute Gasteiger partial charge is 0.0789 e. The fraction of sp³-hybridized carbons (Fsp3) is 0.500. The first kappa shape index (κ1) is 12.2. The monoisotopic (exact) mass is 226 g/mol. The van der Waals surface area contributed by atoms with Crippen LogP contribution in [0.3, 0.4) is 0 Å². The lowest BCUT2D eigenvalue weighted by Gasteiger charge is -2.31.